The number of benzene rings is 3. The van der Waals surface area contributed by atoms with Gasteiger partial charge in [-0.05, 0) is 41.3 Å². The summed E-state index contributed by atoms with van der Waals surface area (Å²) in [6, 6.07) is 26.9. The van der Waals surface area contributed by atoms with Gasteiger partial charge in [-0.1, -0.05) is 72.8 Å². The lowest BCUT2D eigenvalue weighted by molar-refractivity contribution is -0.126. The summed E-state index contributed by atoms with van der Waals surface area (Å²) < 4.78 is 0. The fourth-order valence-electron chi connectivity index (χ4n) is 4.38. The minimum atomic E-state index is 0.0864. The van der Waals surface area contributed by atoms with Crippen LogP contribution in [0.25, 0.3) is 28.1 Å². The van der Waals surface area contributed by atoms with Crippen LogP contribution in [0.5, 0.6) is 0 Å². The number of fused-ring (bicyclic) bond motifs is 1. The summed E-state index contributed by atoms with van der Waals surface area (Å²) in [5.41, 5.74) is 4.34. The van der Waals surface area contributed by atoms with Crippen molar-refractivity contribution >= 4 is 22.8 Å². The number of H-pyrrole nitrogens is 1. The zero-order valence-corrected chi connectivity index (χ0v) is 17.4. The maximum atomic E-state index is 12.5. The predicted molar refractivity (Wildman–Crippen MR) is 126 cm³/mol. The molecule has 1 saturated heterocycles. The molecule has 1 aliphatic rings. The molecule has 0 radical (unpaired) electrons. The first-order valence-corrected chi connectivity index (χ1v) is 10.8. The highest BCUT2D eigenvalue weighted by molar-refractivity contribution is 5.95. The van der Waals surface area contributed by atoms with E-state index in [1.807, 2.05) is 41.3 Å². The van der Waals surface area contributed by atoms with Gasteiger partial charge in [-0.3, -0.25) is 9.89 Å². The highest BCUT2D eigenvalue weighted by Gasteiger charge is 2.24. The van der Waals surface area contributed by atoms with Gasteiger partial charge in [-0.15, -0.1) is 0 Å². The molecule has 154 valence electrons. The van der Waals surface area contributed by atoms with E-state index in [0.29, 0.717) is 5.92 Å². The summed E-state index contributed by atoms with van der Waals surface area (Å²) >= 11 is 0. The van der Waals surface area contributed by atoms with E-state index in [0.717, 1.165) is 48.4 Å². The van der Waals surface area contributed by atoms with Crippen LogP contribution in [-0.4, -0.2) is 34.1 Å². The Labute approximate surface area is 182 Å². The van der Waals surface area contributed by atoms with Crippen LogP contribution in [0.2, 0.25) is 0 Å². The fraction of sp³-hybridized carbons (Fsp3) is 0.185. The number of carbonyl (C=O) groups is 1. The predicted octanol–water partition coefficient (Wildman–Crippen LogP) is 5.65. The first-order valence-electron chi connectivity index (χ1n) is 10.8. The van der Waals surface area contributed by atoms with E-state index in [1.54, 1.807) is 6.08 Å². The Morgan fingerprint density at radius 1 is 0.935 bits per heavy atom. The molecule has 4 nitrogen and oxygen atoms in total. The quantitative estimate of drug-likeness (QED) is 0.445. The lowest BCUT2D eigenvalue weighted by atomic mass is 9.92. The third-order valence-electron chi connectivity index (χ3n) is 6.13. The number of likely N-dealkylation sites (tertiary alicyclic amines) is 1. The van der Waals surface area contributed by atoms with E-state index < -0.39 is 0 Å². The molecule has 1 fully saturated rings. The molecule has 1 N–H and O–H groups in total. The number of nitrogens with one attached hydrogen (secondary N) is 1. The van der Waals surface area contributed by atoms with Gasteiger partial charge in [0, 0.05) is 36.3 Å². The van der Waals surface area contributed by atoms with Crippen LogP contribution in [-0.2, 0) is 4.79 Å². The summed E-state index contributed by atoms with van der Waals surface area (Å²) in [6.07, 6.45) is 5.47. The summed E-state index contributed by atoms with van der Waals surface area (Å²) in [7, 11) is 0. The number of nitrogens with zero attached hydrogens (tertiary/aromatic N) is 2. The molecule has 0 spiro atoms. The summed E-state index contributed by atoms with van der Waals surface area (Å²) in [4.78, 5) is 14.5. The summed E-state index contributed by atoms with van der Waals surface area (Å²) in [6.45, 7) is 1.54. The first-order chi connectivity index (χ1) is 15.3. The number of hydrogen-bond acceptors (Lipinski definition) is 2. The molecule has 1 aromatic heterocycles. The van der Waals surface area contributed by atoms with Gasteiger partial charge < -0.3 is 4.90 Å². The molecule has 2 heterocycles. The Bertz CT molecular complexity index is 1210. The smallest absolute Gasteiger partial charge is 0.246 e. The molecular formula is C27H25N3O. The zero-order valence-electron chi connectivity index (χ0n) is 17.4. The third kappa shape index (κ3) is 4.15. The van der Waals surface area contributed by atoms with Crippen LogP contribution < -0.4 is 0 Å². The number of rotatable bonds is 4. The molecule has 0 aliphatic carbocycles. The van der Waals surface area contributed by atoms with Crippen molar-refractivity contribution in [2.75, 3.05) is 13.1 Å². The summed E-state index contributed by atoms with van der Waals surface area (Å²) in [5, 5.41) is 10.3. The van der Waals surface area contributed by atoms with E-state index in [-0.39, 0.29) is 5.91 Å². The number of amides is 1. The van der Waals surface area contributed by atoms with Crippen LogP contribution in [0.3, 0.4) is 0 Å². The number of hydrogen-bond donors (Lipinski definition) is 1. The van der Waals surface area contributed by atoms with Gasteiger partial charge in [-0.2, -0.15) is 5.10 Å². The molecule has 0 saturated carbocycles. The number of carbonyl (C=O) groups excluding carboxylic acids is 1. The monoisotopic (exact) mass is 407 g/mol. The van der Waals surface area contributed by atoms with Crippen molar-refractivity contribution in [3.8, 4) is 11.3 Å². The largest absolute Gasteiger partial charge is 0.339 e. The van der Waals surface area contributed by atoms with E-state index in [2.05, 4.69) is 58.7 Å². The van der Waals surface area contributed by atoms with Gasteiger partial charge in [0.25, 0.3) is 0 Å². The Hall–Kier alpha value is -3.66. The van der Waals surface area contributed by atoms with Gasteiger partial charge in [0.2, 0.25) is 5.91 Å². The Morgan fingerprint density at radius 3 is 2.52 bits per heavy atom. The van der Waals surface area contributed by atoms with E-state index in [9.17, 15) is 4.79 Å². The second-order valence-electron chi connectivity index (χ2n) is 8.08. The van der Waals surface area contributed by atoms with Crippen molar-refractivity contribution in [3.63, 3.8) is 0 Å². The maximum absolute atomic E-state index is 12.5. The second-order valence-corrected chi connectivity index (χ2v) is 8.08. The van der Waals surface area contributed by atoms with E-state index >= 15 is 0 Å². The molecule has 1 aliphatic heterocycles. The minimum Gasteiger partial charge on any atom is -0.339 e. The van der Waals surface area contributed by atoms with Gasteiger partial charge in [0.15, 0.2) is 0 Å². The molecule has 4 heteroatoms. The summed E-state index contributed by atoms with van der Waals surface area (Å²) in [5.74, 6) is 0.488. The van der Waals surface area contributed by atoms with Crippen LogP contribution in [0.4, 0.5) is 0 Å². The normalized spacial score (nSPS) is 15.0. The zero-order chi connectivity index (χ0) is 21.0. The molecular weight excluding hydrogens is 382 g/mol. The molecule has 31 heavy (non-hydrogen) atoms. The molecule has 0 unspecified atom stereocenters. The molecule has 5 rings (SSSR count). The van der Waals surface area contributed by atoms with Crippen LogP contribution in [0.1, 0.15) is 30.0 Å². The number of aromatic nitrogens is 2. The molecule has 4 aromatic rings. The Balaban J connectivity index is 1.25. The average Bonchev–Trinajstić information content (AvgIpc) is 3.33. The fourth-order valence-corrected chi connectivity index (χ4v) is 4.38. The lowest BCUT2D eigenvalue weighted by Crippen LogP contribution is -2.36. The van der Waals surface area contributed by atoms with Crippen molar-refractivity contribution in [1.82, 2.24) is 15.1 Å². The van der Waals surface area contributed by atoms with Crippen molar-refractivity contribution in [1.29, 1.82) is 0 Å². The van der Waals surface area contributed by atoms with Crippen LogP contribution in [0, 0.1) is 0 Å². The van der Waals surface area contributed by atoms with E-state index in [4.69, 9.17) is 0 Å². The molecule has 1 amide bonds. The average molecular weight is 408 g/mol. The Morgan fingerprint density at radius 2 is 1.68 bits per heavy atom. The van der Waals surface area contributed by atoms with Gasteiger partial charge in [0.05, 0.1) is 5.69 Å². The highest BCUT2D eigenvalue weighted by atomic mass is 16.2. The number of piperidine rings is 1. The van der Waals surface area contributed by atoms with Gasteiger partial charge in [-0.25, -0.2) is 0 Å². The molecule has 0 atom stereocenters. The second kappa shape index (κ2) is 8.60. The van der Waals surface area contributed by atoms with Crippen LogP contribution >= 0.6 is 0 Å². The topological polar surface area (TPSA) is 49.0 Å². The third-order valence-corrected chi connectivity index (χ3v) is 6.13. The van der Waals surface area contributed by atoms with Crippen LogP contribution in [0.15, 0.2) is 84.9 Å². The SMILES string of the molecule is O=C(/C=C/c1ccccc1)N1CCC(c2cc(-c3cccc4ccccc34)n[nH]2)CC1. The standard InChI is InChI=1S/C27H25N3O/c31-27(14-13-20-7-2-1-3-8-20)30-17-15-22(16-18-30)25-19-26(29-28-25)24-12-6-10-21-9-4-5-11-23(21)24/h1-14,19,22H,15-18H2,(H,28,29)/b14-13+. The van der Waals surface area contributed by atoms with Crippen molar-refractivity contribution < 1.29 is 4.79 Å². The highest BCUT2D eigenvalue weighted by Crippen LogP contribution is 2.32. The lowest BCUT2D eigenvalue weighted by Gasteiger charge is -2.30. The van der Waals surface area contributed by atoms with E-state index in [1.165, 1.54) is 10.8 Å². The van der Waals surface area contributed by atoms with Crippen molar-refractivity contribution in [2.45, 2.75) is 18.8 Å². The van der Waals surface area contributed by atoms with Crippen molar-refractivity contribution in [2.24, 2.45) is 0 Å². The van der Waals surface area contributed by atoms with Crippen molar-refractivity contribution in [3.05, 3.63) is 96.2 Å². The molecule has 3 aromatic carbocycles. The maximum Gasteiger partial charge on any atom is 0.246 e. The molecule has 0 bridgehead atoms. The number of aromatic amines is 1. The van der Waals surface area contributed by atoms with Gasteiger partial charge in [0.1, 0.15) is 0 Å². The first kappa shape index (κ1) is 19.3. The Kier molecular flexibility index (Phi) is 5.36. The van der Waals surface area contributed by atoms with Gasteiger partial charge >= 0.3 is 0 Å². The minimum absolute atomic E-state index is 0.0864.